The number of methoxy groups -OCH3 is 1. The lowest BCUT2D eigenvalue weighted by Crippen LogP contribution is -2.34. The lowest BCUT2D eigenvalue weighted by atomic mass is 9.99. The number of thiophene rings is 1. The highest BCUT2D eigenvalue weighted by molar-refractivity contribution is 7.12. The number of aryl methyl sites for hydroxylation is 1. The van der Waals surface area contributed by atoms with Crippen LogP contribution in [0.15, 0.2) is 35.7 Å². The molecule has 126 valence electrons. The second kappa shape index (κ2) is 7.05. The van der Waals surface area contributed by atoms with Gasteiger partial charge in [-0.25, -0.2) is 9.59 Å². The number of nitrogens with zero attached hydrogens (tertiary/aromatic N) is 1. The van der Waals surface area contributed by atoms with E-state index in [1.807, 2.05) is 17.0 Å². The molecule has 5 nitrogen and oxygen atoms in total. The van der Waals surface area contributed by atoms with Gasteiger partial charge in [-0.2, -0.15) is 0 Å². The summed E-state index contributed by atoms with van der Waals surface area (Å²) in [5.74, 6) is -0.433. The molecule has 24 heavy (non-hydrogen) atoms. The molecule has 1 fully saturated rings. The van der Waals surface area contributed by atoms with E-state index in [0.717, 1.165) is 12.8 Å². The number of carbonyl (C=O) groups excluding carboxylic acids is 2. The third kappa shape index (κ3) is 3.14. The van der Waals surface area contributed by atoms with Crippen LogP contribution in [0.2, 0.25) is 0 Å². The van der Waals surface area contributed by atoms with Crippen molar-refractivity contribution in [1.29, 1.82) is 0 Å². The van der Waals surface area contributed by atoms with E-state index < -0.39 is 5.97 Å². The molecular weight excluding hydrogens is 324 g/mol. The van der Waals surface area contributed by atoms with Crippen molar-refractivity contribution in [3.8, 4) is 0 Å². The lowest BCUT2D eigenvalue weighted by molar-refractivity contribution is 0.0607. The highest BCUT2D eigenvalue weighted by atomic mass is 32.1. The molecular formula is C18H20N2O3S. The Labute approximate surface area is 145 Å². The summed E-state index contributed by atoms with van der Waals surface area (Å²) in [6.45, 7) is 2.78. The molecule has 2 aromatic rings. The normalized spacial score (nSPS) is 16.9. The molecule has 1 saturated heterocycles. The predicted molar refractivity (Wildman–Crippen MR) is 94.5 cm³/mol. The van der Waals surface area contributed by atoms with Crippen LogP contribution in [-0.2, 0) is 4.74 Å². The van der Waals surface area contributed by atoms with Gasteiger partial charge in [0.15, 0.2) is 0 Å². The number of esters is 1. The number of amides is 2. The number of ether oxygens (including phenoxy) is 1. The summed E-state index contributed by atoms with van der Waals surface area (Å²) < 4.78 is 4.76. The van der Waals surface area contributed by atoms with Gasteiger partial charge in [0.25, 0.3) is 0 Å². The van der Waals surface area contributed by atoms with Crippen LogP contribution in [-0.4, -0.2) is 30.6 Å². The SMILES string of the molecule is COC(=O)c1sccc1NC(=O)N1CCC[C@H]1c1ccccc1C. The average molecular weight is 344 g/mol. The van der Waals surface area contributed by atoms with Gasteiger partial charge in [0, 0.05) is 6.54 Å². The second-order valence-electron chi connectivity index (χ2n) is 5.79. The largest absolute Gasteiger partial charge is 0.465 e. The van der Waals surface area contributed by atoms with Gasteiger partial charge in [-0.1, -0.05) is 24.3 Å². The first kappa shape index (κ1) is 16.5. The highest BCUT2D eigenvalue weighted by Crippen LogP contribution is 2.34. The number of likely N-dealkylation sites (tertiary alicyclic amines) is 1. The van der Waals surface area contributed by atoms with Crippen molar-refractivity contribution in [2.45, 2.75) is 25.8 Å². The number of carbonyl (C=O) groups is 2. The monoisotopic (exact) mass is 344 g/mol. The van der Waals surface area contributed by atoms with Crippen molar-refractivity contribution < 1.29 is 14.3 Å². The van der Waals surface area contributed by atoms with Gasteiger partial charge in [-0.15, -0.1) is 11.3 Å². The van der Waals surface area contributed by atoms with Crippen LogP contribution in [0.5, 0.6) is 0 Å². The van der Waals surface area contributed by atoms with E-state index in [2.05, 4.69) is 24.4 Å². The van der Waals surface area contributed by atoms with E-state index >= 15 is 0 Å². The zero-order valence-corrected chi connectivity index (χ0v) is 14.6. The Balaban J connectivity index is 1.79. The van der Waals surface area contributed by atoms with E-state index in [1.165, 1.54) is 29.6 Å². The van der Waals surface area contributed by atoms with Gasteiger partial charge in [0.05, 0.1) is 18.8 Å². The molecule has 1 aromatic heterocycles. The summed E-state index contributed by atoms with van der Waals surface area (Å²) in [4.78, 5) is 26.8. The first-order valence-corrected chi connectivity index (χ1v) is 8.78. The molecule has 1 aromatic carbocycles. The van der Waals surface area contributed by atoms with Gasteiger partial charge < -0.3 is 15.0 Å². The van der Waals surface area contributed by atoms with Gasteiger partial charge in [-0.3, -0.25) is 0 Å². The van der Waals surface area contributed by atoms with Crippen molar-refractivity contribution in [2.24, 2.45) is 0 Å². The Kier molecular flexibility index (Phi) is 4.85. The van der Waals surface area contributed by atoms with Crippen LogP contribution < -0.4 is 5.32 Å². The van der Waals surface area contributed by atoms with E-state index in [1.54, 1.807) is 11.4 Å². The van der Waals surface area contributed by atoms with Gasteiger partial charge in [0.2, 0.25) is 0 Å². The standard InChI is InChI=1S/C18H20N2O3S/c1-12-6-3-4-7-13(12)15-8-5-10-20(15)18(22)19-14-9-11-24-16(14)17(21)23-2/h3-4,6-7,9,11,15H,5,8,10H2,1-2H3,(H,19,22)/t15-/m0/s1. The highest BCUT2D eigenvalue weighted by Gasteiger charge is 2.31. The zero-order valence-electron chi connectivity index (χ0n) is 13.7. The number of urea groups is 1. The van der Waals surface area contributed by atoms with E-state index in [-0.39, 0.29) is 12.1 Å². The molecule has 0 bridgehead atoms. The fourth-order valence-corrected chi connectivity index (χ4v) is 3.91. The van der Waals surface area contributed by atoms with Crippen LogP contribution in [0.25, 0.3) is 0 Å². The summed E-state index contributed by atoms with van der Waals surface area (Å²) in [6.07, 6.45) is 1.92. The molecule has 6 heteroatoms. The van der Waals surface area contributed by atoms with E-state index in [4.69, 9.17) is 4.74 Å². The maximum Gasteiger partial charge on any atom is 0.350 e. The molecule has 1 aliphatic heterocycles. The van der Waals surface area contributed by atoms with Gasteiger partial charge in [0.1, 0.15) is 4.88 Å². The van der Waals surface area contributed by atoms with Gasteiger partial charge >= 0.3 is 12.0 Å². The molecule has 2 heterocycles. The molecule has 0 spiro atoms. The fourth-order valence-electron chi connectivity index (χ4n) is 3.14. The molecule has 0 saturated carbocycles. The average Bonchev–Trinajstić information content (AvgIpc) is 3.23. The summed E-state index contributed by atoms with van der Waals surface area (Å²) in [5.41, 5.74) is 2.88. The van der Waals surface area contributed by atoms with Crippen molar-refractivity contribution in [1.82, 2.24) is 4.90 Å². The third-order valence-electron chi connectivity index (χ3n) is 4.34. The smallest absolute Gasteiger partial charge is 0.350 e. The van der Waals surface area contributed by atoms with Crippen molar-refractivity contribution >= 4 is 29.0 Å². The number of nitrogens with one attached hydrogen (secondary N) is 1. The first-order chi connectivity index (χ1) is 11.6. The molecule has 0 aliphatic carbocycles. The Morgan fingerprint density at radius 2 is 2.08 bits per heavy atom. The second-order valence-corrected chi connectivity index (χ2v) is 6.71. The van der Waals surface area contributed by atoms with Crippen LogP contribution in [0.1, 0.15) is 39.7 Å². The van der Waals surface area contributed by atoms with Crippen LogP contribution in [0.4, 0.5) is 10.5 Å². The molecule has 2 amide bonds. The number of benzene rings is 1. The topological polar surface area (TPSA) is 58.6 Å². The maximum atomic E-state index is 12.7. The van der Waals surface area contributed by atoms with Crippen LogP contribution >= 0.6 is 11.3 Å². The molecule has 1 atom stereocenters. The molecule has 1 aliphatic rings. The minimum atomic E-state index is -0.433. The number of anilines is 1. The quantitative estimate of drug-likeness (QED) is 0.849. The fraction of sp³-hybridized carbons (Fsp3) is 0.333. The summed E-state index contributed by atoms with van der Waals surface area (Å²) >= 11 is 1.26. The Morgan fingerprint density at radius 3 is 2.83 bits per heavy atom. The Hall–Kier alpha value is -2.34. The minimum absolute atomic E-state index is 0.0754. The van der Waals surface area contributed by atoms with Crippen molar-refractivity contribution in [3.05, 3.63) is 51.7 Å². The number of hydrogen-bond donors (Lipinski definition) is 1. The zero-order chi connectivity index (χ0) is 17.1. The maximum absolute atomic E-state index is 12.7. The molecule has 0 radical (unpaired) electrons. The first-order valence-electron chi connectivity index (χ1n) is 7.90. The molecule has 3 rings (SSSR count). The van der Waals surface area contributed by atoms with Gasteiger partial charge in [-0.05, 0) is 42.3 Å². The van der Waals surface area contributed by atoms with Crippen LogP contribution in [0, 0.1) is 6.92 Å². The summed E-state index contributed by atoms with van der Waals surface area (Å²) in [5, 5.41) is 4.63. The minimum Gasteiger partial charge on any atom is -0.465 e. The Bertz CT molecular complexity index is 756. The predicted octanol–water partition coefficient (Wildman–Crippen LogP) is 4.21. The Morgan fingerprint density at radius 1 is 1.29 bits per heavy atom. The number of rotatable bonds is 3. The molecule has 1 N–H and O–H groups in total. The summed E-state index contributed by atoms with van der Waals surface area (Å²) in [7, 11) is 1.34. The van der Waals surface area contributed by atoms with E-state index in [9.17, 15) is 9.59 Å². The van der Waals surface area contributed by atoms with Crippen LogP contribution in [0.3, 0.4) is 0 Å². The lowest BCUT2D eigenvalue weighted by Gasteiger charge is -2.26. The van der Waals surface area contributed by atoms with E-state index in [0.29, 0.717) is 17.1 Å². The van der Waals surface area contributed by atoms with Crippen molar-refractivity contribution in [2.75, 3.05) is 19.0 Å². The number of hydrogen-bond acceptors (Lipinski definition) is 4. The molecule has 0 unspecified atom stereocenters. The third-order valence-corrected chi connectivity index (χ3v) is 5.23. The summed E-state index contributed by atoms with van der Waals surface area (Å²) in [6, 6.07) is 9.79. The van der Waals surface area contributed by atoms with Crippen molar-refractivity contribution in [3.63, 3.8) is 0 Å².